The zero-order chi connectivity index (χ0) is 20.2. The Morgan fingerprint density at radius 1 is 1.24 bits per heavy atom. The molecule has 3 heterocycles. The van der Waals surface area contributed by atoms with Gasteiger partial charge >= 0.3 is 0 Å². The third-order valence-electron chi connectivity index (χ3n) is 5.88. The van der Waals surface area contributed by atoms with Crippen LogP contribution in [0.5, 0.6) is 0 Å². The molecular weight excluding hydrogens is 373 g/mol. The molecule has 5 rings (SSSR count). The van der Waals surface area contributed by atoms with Crippen molar-refractivity contribution < 1.29 is 18.5 Å². The first-order chi connectivity index (χ1) is 14.0. The average molecular weight is 391 g/mol. The highest BCUT2D eigenvalue weighted by molar-refractivity contribution is 6.08. The number of amides is 2. The number of carbonyl (C=O) groups is 2. The number of carbonyl (C=O) groups excluding carboxylic acids is 2. The number of aromatic nitrogens is 1. The molecule has 1 spiro atoms. The molecule has 0 bridgehead atoms. The minimum atomic E-state index is -0.942. The molecule has 146 valence electrons. The van der Waals surface area contributed by atoms with E-state index >= 15 is 0 Å². The molecule has 1 saturated heterocycles. The van der Waals surface area contributed by atoms with E-state index in [0.29, 0.717) is 24.3 Å². The maximum Gasteiger partial charge on any atom is 0.276 e. The number of benzene rings is 2. The summed E-state index contributed by atoms with van der Waals surface area (Å²) < 4.78 is 18.7. The minimum Gasteiger partial charge on any atom is -0.361 e. The summed E-state index contributed by atoms with van der Waals surface area (Å²) in [7, 11) is 0. The predicted octanol–water partition coefficient (Wildman–Crippen LogP) is 3.60. The Kier molecular flexibility index (Phi) is 3.81. The number of nitrogens with one attached hydrogen (secondary N) is 1. The molecule has 3 aromatic rings. The number of hydrogen-bond acceptors (Lipinski definition) is 4. The summed E-state index contributed by atoms with van der Waals surface area (Å²) in [6.45, 7) is 2.09. The summed E-state index contributed by atoms with van der Waals surface area (Å²) in [5, 5.41) is 6.81. The molecule has 0 saturated carbocycles. The molecule has 2 aromatic carbocycles. The number of halogens is 1. The van der Waals surface area contributed by atoms with E-state index in [0.717, 1.165) is 11.3 Å². The normalized spacial score (nSPS) is 22.8. The van der Waals surface area contributed by atoms with Crippen molar-refractivity contribution in [3.8, 4) is 0 Å². The van der Waals surface area contributed by atoms with Crippen LogP contribution in [-0.4, -0.2) is 28.4 Å². The summed E-state index contributed by atoms with van der Waals surface area (Å²) >= 11 is 0. The quantitative estimate of drug-likeness (QED) is 0.724. The third-order valence-corrected chi connectivity index (χ3v) is 5.88. The number of aryl methyl sites for hydroxylation is 1. The lowest BCUT2D eigenvalue weighted by Gasteiger charge is -2.34. The molecule has 7 heteroatoms. The van der Waals surface area contributed by atoms with E-state index in [2.05, 4.69) is 10.5 Å². The van der Waals surface area contributed by atoms with Crippen LogP contribution < -0.4 is 5.32 Å². The third kappa shape index (κ3) is 2.50. The van der Waals surface area contributed by atoms with Crippen LogP contribution in [0.15, 0.2) is 59.1 Å². The number of nitrogens with zero attached hydrogens (tertiary/aromatic N) is 2. The standard InChI is InChI=1S/C22H18FN3O3/c1-13-12-18(25-29-13)20(27)26-11-10-22(19(26)14-6-8-15(23)9-7-14)16-4-2-3-5-17(16)24-21(22)28/h2-9,12,19H,10-11H2,1H3,(H,24,28)/t19-,22+/m0/s1. The Morgan fingerprint density at radius 2 is 2.00 bits per heavy atom. The van der Waals surface area contributed by atoms with Crippen molar-refractivity contribution in [2.24, 2.45) is 0 Å². The highest BCUT2D eigenvalue weighted by Crippen LogP contribution is 2.54. The van der Waals surface area contributed by atoms with Gasteiger partial charge in [0.2, 0.25) is 5.91 Å². The monoisotopic (exact) mass is 391 g/mol. The number of anilines is 1. The van der Waals surface area contributed by atoms with Crippen molar-refractivity contribution in [2.45, 2.75) is 24.8 Å². The van der Waals surface area contributed by atoms with E-state index in [1.165, 1.54) is 12.1 Å². The SMILES string of the molecule is Cc1cc(C(=O)N2CC[C@]3(C(=O)Nc4ccccc43)[C@@H]2c2ccc(F)cc2)no1. The first-order valence-corrected chi connectivity index (χ1v) is 9.41. The smallest absolute Gasteiger partial charge is 0.276 e. The zero-order valence-electron chi connectivity index (χ0n) is 15.7. The molecule has 2 atom stereocenters. The summed E-state index contributed by atoms with van der Waals surface area (Å²) in [6, 6.07) is 14.5. The van der Waals surface area contributed by atoms with E-state index in [-0.39, 0.29) is 23.3 Å². The van der Waals surface area contributed by atoms with Crippen molar-refractivity contribution in [3.63, 3.8) is 0 Å². The van der Waals surface area contributed by atoms with Gasteiger partial charge in [0, 0.05) is 18.3 Å². The number of hydrogen-bond donors (Lipinski definition) is 1. The van der Waals surface area contributed by atoms with E-state index in [4.69, 9.17) is 4.52 Å². The maximum atomic E-state index is 13.6. The molecule has 0 radical (unpaired) electrons. The van der Waals surface area contributed by atoms with Gasteiger partial charge in [0.25, 0.3) is 5.91 Å². The van der Waals surface area contributed by atoms with Crippen molar-refractivity contribution in [2.75, 3.05) is 11.9 Å². The van der Waals surface area contributed by atoms with Crippen LogP contribution in [0.2, 0.25) is 0 Å². The lowest BCUT2D eigenvalue weighted by Crippen LogP contribution is -2.42. The first-order valence-electron chi connectivity index (χ1n) is 9.41. The summed E-state index contributed by atoms with van der Waals surface area (Å²) in [5.41, 5.74) is 1.55. The topological polar surface area (TPSA) is 75.4 Å². The molecule has 29 heavy (non-hydrogen) atoms. The fourth-order valence-corrected chi connectivity index (χ4v) is 4.63. The fraction of sp³-hybridized carbons (Fsp3) is 0.227. The van der Waals surface area contributed by atoms with Crippen LogP contribution in [0.25, 0.3) is 0 Å². The Morgan fingerprint density at radius 3 is 2.72 bits per heavy atom. The first kappa shape index (κ1) is 17.6. The van der Waals surface area contributed by atoms with Crippen molar-refractivity contribution in [1.29, 1.82) is 0 Å². The van der Waals surface area contributed by atoms with Gasteiger partial charge in [-0.15, -0.1) is 0 Å². The number of para-hydroxylation sites is 1. The van der Waals surface area contributed by atoms with Gasteiger partial charge in [-0.05, 0) is 42.7 Å². The molecule has 1 aromatic heterocycles. The van der Waals surface area contributed by atoms with Crippen LogP contribution in [0, 0.1) is 12.7 Å². The highest BCUT2D eigenvalue weighted by Gasteiger charge is 2.59. The van der Waals surface area contributed by atoms with E-state index in [1.54, 1.807) is 30.0 Å². The van der Waals surface area contributed by atoms with Gasteiger partial charge in [0.1, 0.15) is 17.0 Å². The van der Waals surface area contributed by atoms with Gasteiger partial charge < -0.3 is 14.7 Å². The lowest BCUT2D eigenvalue weighted by molar-refractivity contribution is -0.121. The van der Waals surface area contributed by atoms with Gasteiger partial charge in [-0.1, -0.05) is 35.5 Å². The fourth-order valence-electron chi connectivity index (χ4n) is 4.63. The van der Waals surface area contributed by atoms with Crippen LogP contribution in [0.4, 0.5) is 10.1 Å². The van der Waals surface area contributed by atoms with Crippen molar-refractivity contribution in [3.05, 3.63) is 83.0 Å². The Labute approximate surface area is 166 Å². The van der Waals surface area contributed by atoms with Crippen molar-refractivity contribution in [1.82, 2.24) is 10.1 Å². The van der Waals surface area contributed by atoms with Gasteiger partial charge in [-0.2, -0.15) is 0 Å². The van der Waals surface area contributed by atoms with Crippen molar-refractivity contribution >= 4 is 17.5 Å². The molecule has 2 amide bonds. The largest absolute Gasteiger partial charge is 0.361 e. The molecule has 1 N–H and O–H groups in total. The number of likely N-dealkylation sites (tertiary alicyclic amines) is 1. The molecule has 2 aliphatic heterocycles. The molecular formula is C22H18FN3O3. The van der Waals surface area contributed by atoms with Crippen LogP contribution in [0.1, 0.15) is 39.8 Å². The van der Waals surface area contributed by atoms with E-state index < -0.39 is 11.5 Å². The van der Waals surface area contributed by atoms with Gasteiger partial charge in [0.15, 0.2) is 5.69 Å². The molecule has 0 aliphatic carbocycles. The van der Waals surface area contributed by atoms with E-state index in [1.807, 2.05) is 24.3 Å². The summed E-state index contributed by atoms with van der Waals surface area (Å²) in [4.78, 5) is 28.2. The molecule has 2 aliphatic rings. The van der Waals surface area contributed by atoms with Crippen LogP contribution >= 0.6 is 0 Å². The Bertz CT molecular complexity index is 1120. The minimum absolute atomic E-state index is 0.153. The number of fused-ring (bicyclic) bond motifs is 2. The highest BCUT2D eigenvalue weighted by atomic mass is 19.1. The molecule has 1 fully saturated rings. The Balaban J connectivity index is 1.67. The number of rotatable bonds is 2. The van der Waals surface area contributed by atoms with E-state index in [9.17, 15) is 14.0 Å². The summed E-state index contributed by atoms with van der Waals surface area (Å²) in [6.07, 6.45) is 0.459. The maximum absolute atomic E-state index is 13.6. The van der Waals surface area contributed by atoms with Gasteiger partial charge in [-0.25, -0.2) is 4.39 Å². The lowest BCUT2D eigenvalue weighted by atomic mass is 9.72. The zero-order valence-corrected chi connectivity index (χ0v) is 15.7. The van der Waals surface area contributed by atoms with Crippen LogP contribution in [0.3, 0.4) is 0 Å². The summed E-state index contributed by atoms with van der Waals surface area (Å²) in [5.74, 6) is -0.309. The van der Waals surface area contributed by atoms with Gasteiger partial charge in [-0.3, -0.25) is 9.59 Å². The Hall–Kier alpha value is -3.48. The molecule has 0 unspecified atom stereocenters. The second-order valence-electron chi connectivity index (χ2n) is 7.50. The molecule has 6 nitrogen and oxygen atoms in total. The average Bonchev–Trinajstić information content (AvgIpc) is 3.40. The second kappa shape index (κ2) is 6.27. The van der Waals surface area contributed by atoms with Crippen LogP contribution in [-0.2, 0) is 10.2 Å². The van der Waals surface area contributed by atoms with Gasteiger partial charge in [0.05, 0.1) is 6.04 Å². The second-order valence-corrected chi connectivity index (χ2v) is 7.50. The predicted molar refractivity (Wildman–Crippen MR) is 103 cm³/mol.